The molecule has 1 unspecified atom stereocenters. The Morgan fingerprint density at radius 2 is 1.97 bits per heavy atom. The van der Waals surface area contributed by atoms with Crippen LogP contribution in [-0.4, -0.2) is 58.5 Å². The second-order valence-corrected chi connectivity index (χ2v) is 11.0. The van der Waals surface area contributed by atoms with Gasteiger partial charge < -0.3 is 20.3 Å². The van der Waals surface area contributed by atoms with E-state index in [1.807, 2.05) is 19.1 Å². The van der Waals surface area contributed by atoms with Gasteiger partial charge in [0.05, 0.1) is 0 Å². The summed E-state index contributed by atoms with van der Waals surface area (Å²) >= 11 is 5.62. The average molecular weight is 497 g/mol. The predicted molar refractivity (Wildman–Crippen MR) is 128 cm³/mol. The number of alkyl carbamates (subject to hydrolysis) is 1. The summed E-state index contributed by atoms with van der Waals surface area (Å²) in [5, 5.41) is 5.63. The minimum Gasteiger partial charge on any atom is -0.444 e. The summed E-state index contributed by atoms with van der Waals surface area (Å²) in [4.78, 5) is 55.6. The van der Waals surface area contributed by atoms with Gasteiger partial charge in [0.25, 0.3) is 5.91 Å². The molecule has 3 rings (SSSR count). The van der Waals surface area contributed by atoms with Crippen LogP contribution >= 0.6 is 11.8 Å². The number of nitrogens with one attached hydrogen (secondary N) is 3. The number of fused-ring (bicyclic) bond motifs is 2. The maximum absolute atomic E-state index is 13.6. The van der Waals surface area contributed by atoms with Gasteiger partial charge in [-0.1, -0.05) is 31.9 Å². The average Bonchev–Trinajstić information content (AvgIpc) is 3.29. The molecule has 0 aromatic rings. The van der Waals surface area contributed by atoms with E-state index >= 15 is 0 Å². The summed E-state index contributed by atoms with van der Waals surface area (Å²) in [6.45, 7) is 7.67. The molecule has 2 heterocycles. The topological polar surface area (TPSA) is 117 Å². The number of rotatable bonds is 2. The fraction of sp³-hybridized carbons (Fsp3) is 0.750. The van der Waals surface area contributed by atoms with E-state index < -0.39 is 35.2 Å². The van der Waals surface area contributed by atoms with Gasteiger partial charge in [0, 0.05) is 24.2 Å². The molecule has 1 saturated carbocycles. The van der Waals surface area contributed by atoms with Gasteiger partial charge in [-0.25, -0.2) is 4.79 Å². The lowest BCUT2D eigenvalue weighted by molar-refractivity contribution is -0.141. The Labute approximate surface area is 206 Å². The van der Waals surface area contributed by atoms with Crippen LogP contribution in [0.3, 0.4) is 0 Å². The first kappa shape index (κ1) is 26.3. The molecule has 0 aromatic carbocycles. The van der Waals surface area contributed by atoms with Crippen LogP contribution in [0.5, 0.6) is 0 Å². The third kappa shape index (κ3) is 6.23. The smallest absolute Gasteiger partial charge is 0.408 e. The monoisotopic (exact) mass is 496 g/mol. The molecule has 2 fully saturated rings. The third-order valence-corrected chi connectivity index (χ3v) is 6.84. The number of halogens is 1. The van der Waals surface area contributed by atoms with Crippen LogP contribution in [0.25, 0.3) is 0 Å². The van der Waals surface area contributed by atoms with Crippen molar-refractivity contribution >= 4 is 35.6 Å². The highest BCUT2D eigenvalue weighted by Gasteiger charge is 2.60. The lowest BCUT2D eigenvalue weighted by Crippen LogP contribution is -2.57. The van der Waals surface area contributed by atoms with Crippen molar-refractivity contribution in [2.75, 3.05) is 6.54 Å². The Kier molecular flexibility index (Phi) is 8.16. The summed E-state index contributed by atoms with van der Waals surface area (Å²) in [7, 11) is 0. The Morgan fingerprint density at radius 3 is 2.65 bits per heavy atom. The SMILES string of the molecule is C[C@@H]1C[C@H]2C(=O)N[C@]3(C(=O)NCl)CC3/C=C\CCCCC[C@H](NC(=O)OC(C)(C)C)C(=O)N2C1. The highest BCUT2D eigenvalue weighted by atomic mass is 35.5. The Morgan fingerprint density at radius 1 is 1.24 bits per heavy atom. The largest absolute Gasteiger partial charge is 0.444 e. The van der Waals surface area contributed by atoms with E-state index in [9.17, 15) is 19.2 Å². The van der Waals surface area contributed by atoms with Crippen LogP contribution in [0.1, 0.15) is 72.6 Å². The van der Waals surface area contributed by atoms with E-state index in [2.05, 4.69) is 15.5 Å². The van der Waals surface area contributed by atoms with Crippen LogP contribution in [0.4, 0.5) is 4.79 Å². The van der Waals surface area contributed by atoms with Crippen molar-refractivity contribution in [3.05, 3.63) is 12.2 Å². The molecular formula is C24H37ClN4O5. The number of carbonyl (C=O) groups excluding carboxylic acids is 4. The van der Waals surface area contributed by atoms with Crippen molar-refractivity contribution in [3.63, 3.8) is 0 Å². The zero-order valence-electron chi connectivity index (χ0n) is 20.5. The molecule has 34 heavy (non-hydrogen) atoms. The van der Waals surface area contributed by atoms with Crippen molar-refractivity contribution in [1.82, 2.24) is 20.4 Å². The van der Waals surface area contributed by atoms with Crippen molar-refractivity contribution in [2.45, 2.75) is 95.9 Å². The van der Waals surface area contributed by atoms with Crippen LogP contribution in [-0.2, 0) is 19.1 Å². The van der Waals surface area contributed by atoms with E-state index in [1.54, 1.807) is 25.7 Å². The zero-order valence-corrected chi connectivity index (χ0v) is 21.2. The first-order valence-corrected chi connectivity index (χ1v) is 12.5. The second-order valence-electron chi connectivity index (χ2n) is 10.8. The molecule has 3 N–H and O–H groups in total. The van der Waals surface area contributed by atoms with Crippen LogP contribution in [0.2, 0.25) is 0 Å². The summed E-state index contributed by atoms with van der Waals surface area (Å²) in [6, 6.07) is -1.51. The van der Waals surface area contributed by atoms with Gasteiger partial charge in [-0.05, 0) is 58.8 Å². The second kappa shape index (κ2) is 10.5. The fourth-order valence-corrected chi connectivity index (χ4v) is 5.03. The van der Waals surface area contributed by atoms with Crippen molar-refractivity contribution in [3.8, 4) is 0 Å². The molecule has 0 spiro atoms. The van der Waals surface area contributed by atoms with Gasteiger partial charge in [-0.3, -0.25) is 19.2 Å². The molecule has 9 nitrogen and oxygen atoms in total. The summed E-state index contributed by atoms with van der Waals surface area (Å²) in [6.07, 6.45) is 8.14. The Bertz CT molecular complexity index is 842. The molecule has 5 atom stereocenters. The Hall–Kier alpha value is -2.29. The molecule has 2 aliphatic heterocycles. The number of nitrogens with zero attached hydrogens (tertiary/aromatic N) is 1. The number of hydrogen-bond acceptors (Lipinski definition) is 5. The van der Waals surface area contributed by atoms with Gasteiger partial charge in [-0.15, -0.1) is 0 Å². The summed E-state index contributed by atoms with van der Waals surface area (Å²) < 4.78 is 5.37. The fourth-order valence-electron chi connectivity index (χ4n) is 4.86. The molecule has 190 valence electrons. The number of carbonyl (C=O) groups is 4. The van der Waals surface area contributed by atoms with Gasteiger partial charge in [0.1, 0.15) is 23.2 Å². The minimum atomic E-state index is -1.09. The summed E-state index contributed by atoms with van der Waals surface area (Å²) in [5.74, 6) is -1.15. The van der Waals surface area contributed by atoms with E-state index in [-0.39, 0.29) is 23.7 Å². The molecule has 0 bridgehead atoms. The maximum atomic E-state index is 13.6. The third-order valence-electron chi connectivity index (χ3n) is 6.67. The van der Waals surface area contributed by atoms with Crippen molar-refractivity contribution in [2.24, 2.45) is 11.8 Å². The quantitative estimate of drug-likeness (QED) is 0.401. The van der Waals surface area contributed by atoms with Gasteiger partial charge in [-0.2, -0.15) is 0 Å². The predicted octanol–water partition coefficient (Wildman–Crippen LogP) is 2.78. The van der Waals surface area contributed by atoms with Crippen molar-refractivity contribution < 1.29 is 23.9 Å². The zero-order chi connectivity index (χ0) is 25.1. The first-order valence-electron chi connectivity index (χ1n) is 12.2. The molecule has 3 aliphatic rings. The van der Waals surface area contributed by atoms with E-state index in [4.69, 9.17) is 16.5 Å². The molecular weight excluding hydrogens is 460 g/mol. The highest BCUT2D eigenvalue weighted by molar-refractivity contribution is 6.23. The highest BCUT2D eigenvalue weighted by Crippen LogP contribution is 2.45. The van der Waals surface area contributed by atoms with E-state index in [1.165, 1.54) is 0 Å². The van der Waals surface area contributed by atoms with Crippen LogP contribution < -0.4 is 15.5 Å². The van der Waals surface area contributed by atoms with Crippen LogP contribution in [0.15, 0.2) is 12.2 Å². The summed E-state index contributed by atoms with van der Waals surface area (Å²) in [5.41, 5.74) is -1.79. The Balaban J connectivity index is 1.84. The standard InChI is InChI=1S/C24H37ClN4O5/c1-15-12-18-19(30)27-24(21(32)28-25)13-16(24)10-8-6-5-7-9-11-17(20(31)29(18)14-15)26-22(33)34-23(2,3)4/h8,10,15-18H,5-7,9,11-14H2,1-4H3,(H,26,33)(H,27,30)(H,28,32)/b10-8-/t15-,16?,17+,18+,24-/m1/s1. The lowest BCUT2D eigenvalue weighted by Gasteiger charge is -2.30. The number of amides is 4. The first-order chi connectivity index (χ1) is 16.0. The normalized spacial score (nSPS) is 33.4. The molecule has 0 radical (unpaired) electrons. The molecule has 10 heteroatoms. The maximum Gasteiger partial charge on any atom is 0.408 e. The molecule has 4 amide bonds. The van der Waals surface area contributed by atoms with Crippen molar-refractivity contribution in [1.29, 1.82) is 0 Å². The van der Waals surface area contributed by atoms with Gasteiger partial charge in [0.15, 0.2) is 0 Å². The minimum absolute atomic E-state index is 0.105. The van der Waals surface area contributed by atoms with Crippen LogP contribution in [0, 0.1) is 11.8 Å². The molecule has 0 aromatic heterocycles. The number of ether oxygens (including phenoxy) is 1. The van der Waals surface area contributed by atoms with Gasteiger partial charge >= 0.3 is 6.09 Å². The van der Waals surface area contributed by atoms with E-state index in [0.29, 0.717) is 25.8 Å². The van der Waals surface area contributed by atoms with E-state index in [0.717, 1.165) is 25.7 Å². The lowest BCUT2D eigenvalue weighted by atomic mass is 10.0. The number of hydrogen-bond donors (Lipinski definition) is 3. The molecule has 1 aliphatic carbocycles. The molecule has 1 saturated heterocycles. The van der Waals surface area contributed by atoms with Gasteiger partial charge in [0.2, 0.25) is 11.8 Å². The number of allylic oxidation sites excluding steroid dienone is 1.